The van der Waals surface area contributed by atoms with E-state index >= 15 is 0 Å². The second-order valence-electron chi connectivity index (χ2n) is 3.56. The van der Waals surface area contributed by atoms with Crippen LogP contribution in [0.3, 0.4) is 0 Å². The van der Waals surface area contributed by atoms with E-state index in [0.717, 1.165) is 10.5 Å². The molecule has 1 rings (SSSR count). The van der Waals surface area contributed by atoms with Crippen LogP contribution in [0.25, 0.3) is 0 Å². The van der Waals surface area contributed by atoms with Crippen LogP contribution in [0.2, 0.25) is 0 Å². The number of carbonyl (C=O) groups excluding carboxylic acids is 2. The molecule has 1 aliphatic heterocycles. The lowest BCUT2D eigenvalue weighted by Crippen LogP contribution is -2.53. The van der Waals surface area contributed by atoms with E-state index < -0.39 is 18.1 Å². The number of hydrogen-bond donors (Lipinski definition) is 2. The molecule has 1 atom stereocenters. The standard InChI is InChI=1S/C13H17N3O2.2C2H6/c1-4-6-7-10(5-2)11-8-9-15-13(18)16(11)12(17)14-3;2*1-2/h4-9,11H,1H2,2-3H3,(H,14,17)(H,15,18);2*1-2H3/b7-6-,10-5+;;/t11-;;/m1../s1. The Hall–Kier alpha value is -2.30. The maximum Gasteiger partial charge on any atom is 0.330 e. The highest BCUT2D eigenvalue weighted by atomic mass is 16.2. The topological polar surface area (TPSA) is 61.4 Å². The average molecular weight is 307 g/mol. The highest BCUT2D eigenvalue weighted by Crippen LogP contribution is 2.17. The molecule has 0 aromatic carbocycles. The highest BCUT2D eigenvalue weighted by Gasteiger charge is 2.31. The first kappa shape index (κ1) is 22.0. The van der Waals surface area contributed by atoms with Crippen LogP contribution in [0, 0.1) is 0 Å². The third-order valence-electron chi connectivity index (χ3n) is 2.51. The number of nitrogens with zero attached hydrogens (tertiary/aromatic N) is 1. The van der Waals surface area contributed by atoms with Crippen LogP contribution in [0.4, 0.5) is 9.59 Å². The van der Waals surface area contributed by atoms with E-state index in [9.17, 15) is 9.59 Å². The molecular formula is C17H29N3O2. The molecule has 0 aliphatic carbocycles. The fourth-order valence-electron chi connectivity index (χ4n) is 1.64. The lowest BCUT2D eigenvalue weighted by molar-refractivity contribution is 0.182. The van der Waals surface area contributed by atoms with Gasteiger partial charge < -0.3 is 10.6 Å². The number of rotatable bonds is 3. The third-order valence-corrected chi connectivity index (χ3v) is 2.51. The van der Waals surface area contributed by atoms with Crippen molar-refractivity contribution in [2.45, 2.75) is 40.7 Å². The fraction of sp³-hybridized carbons (Fsp3) is 0.412. The fourth-order valence-corrected chi connectivity index (χ4v) is 1.64. The van der Waals surface area contributed by atoms with Gasteiger partial charge in [0.15, 0.2) is 0 Å². The molecule has 1 aliphatic rings. The van der Waals surface area contributed by atoms with E-state index in [1.165, 1.54) is 13.2 Å². The lowest BCUT2D eigenvalue weighted by atomic mass is 10.0. The van der Waals surface area contributed by atoms with Crippen molar-refractivity contribution < 1.29 is 9.59 Å². The molecule has 0 aromatic heterocycles. The van der Waals surface area contributed by atoms with Crippen molar-refractivity contribution in [2.75, 3.05) is 7.05 Å². The zero-order valence-corrected chi connectivity index (χ0v) is 14.5. The maximum atomic E-state index is 11.7. The molecule has 22 heavy (non-hydrogen) atoms. The summed E-state index contributed by atoms with van der Waals surface area (Å²) in [6.45, 7) is 13.4. The van der Waals surface area contributed by atoms with Gasteiger partial charge in [-0.3, -0.25) is 0 Å². The summed E-state index contributed by atoms with van der Waals surface area (Å²) < 4.78 is 0. The summed E-state index contributed by atoms with van der Waals surface area (Å²) in [4.78, 5) is 24.6. The van der Waals surface area contributed by atoms with Gasteiger partial charge in [0.1, 0.15) is 0 Å². The molecule has 0 fully saturated rings. The Bertz CT molecular complexity index is 437. The second-order valence-corrected chi connectivity index (χ2v) is 3.56. The molecule has 0 radical (unpaired) electrons. The molecule has 0 unspecified atom stereocenters. The van der Waals surface area contributed by atoms with Gasteiger partial charge in [-0.2, -0.15) is 0 Å². The summed E-state index contributed by atoms with van der Waals surface area (Å²) in [7, 11) is 1.49. The van der Waals surface area contributed by atoms with E-state index in [-0.39, 0.29) is 0 Å². The first-order valence-corrected chi connectivity index (χ1v) is 7.59. The van der Waals surface area contributed by atoms with E-state index in [4.69, 9.17) is 0 Å². The first-order valence-electron chi connectivity index (χ1n) is 7.59. The van der Waals surface area contributed by atoms with Crippen LogP contribution >= 0.6 is 0 Å². The molecule has 2 N–H and O–H groups in total. The van der Waals surface area contributed by atoms with E-state index in [1.807, 2.05) is 46.8 Å². The van der Waals surface area contributed by atoms with Gasteiger partial charge in [-0.1, -0.05) is 58.6 Å². The number of amides is 4. The number of allylic oxidation sites excluding steroid dienone is 3. The SMILES string of the molecule is C=C/C=C\C(=C/C)[C@H]1C=CNC(=O)N1C(=O)NC.CC.CC. The van der Waals surface area contributed by atoms with E-state index in [1.54, 1.807) is 18.2 Å². The Labute approximate surface area is 134 Å². The molecule has 4 amide bonds. The Kier molecular flexibility index (Phi) is 13.7. The molecule has 0 saturated heterocycles. The Balaban J connectivity index is 0. The van der Waals surface area contributed by atoms with Crippen LogP contribution in [0.5, 0.6) is 0 Å². The van der Waals surface area contributed by atoms with Crippen molar-refractivity contribution in [1.29, 1.82) is 0 Å². The van der Waals surface area contributed by atoms with Gasteiger partial charge in [0.2, 0.25) is 0 Å². The van der Waals surface area contributed by atoms with Crippen molar-refractivity contribution in [2.24, 2.45) is 0 Å². The highest BCUT2D eigenvalue weighted by molar-refractivity contribution is 5.95. The number of hydrogen-bond acceptors (Lipinski definition) is 2. The predicted molar refractivity (Wildman–Crippen MR) is 93.5 cm³/mol. The summed E-state index contributed by atoms with van der Waals surface area (Å²) in [5.74, 6) is 0. The van der Waals surface area contributed by atoms with Crippen LogP contribution < -0.4 is 10.6 Å². The molecule has 0 spiro atoms. The second kappa shape index (κ2) is 13.7. The smallest absolute Gasteiger partial charge is 0.330 e. The third kappa shape index (κ3) is 6.43. The van der Waals surface area contributed by atoms with Crippen LogP contribution in [-0.2, 0) is 0 Å². The van der Waals surface area contributed by atoms with Gasteiger partial charge in [-0.25, -0.2) is 14.5 Å². The minimum absolute atomic E-state index is 0.417. The summed E-state index contributed by atoms with van der Waals surface area (Å²) >= 11 is 0. The van der Waals surface area contributed by atoms with Gasteiger partial charge in [-0.15, -0.1) is 0 Å². The number of imide groups is 1. The van der Waals surface area contributed by atoms with Gasteiger partial charge >= 0.3 is 12.1 Å². The molecule has 0 aromatic rings. The summed E-state index contributed by atoms with van der Waals surface area (Å²) in [6.07, 6.45) is 10.4. The molecule has 5 nitrogen and oxygen atoms in total. The van der Waals surface area contributed by atoms with Gasteiger partial charge in [0.25, 0.3) is 0 Å². The first-order chi connectivity index (χ1) is 10.7. The largest absolute Gasteiger partial charge is 0.341 e. The molecule has 5 heteroatoms. The Morgan fingerprint density at radius 3 is 2.41 bits per heavy atom. The average Bonchev–Trinajstić information content (AvgIpc) is 2.58. The number of carbonyl (C=O) groups is 2. The predicted octanol–water partition coefficient (Wildman–Crippen LogP) is 3.97. The minimum Gasteiger partial charge on any atom is -0.341 e. The van der Waals surface area contributed by atoms with E-state index in [0.29, 0.717) is 0 Å². The van der Waals surface area contributed by atoms with Gasteiger partial charge in [-0.05, 0) is 18.6 Å². The molecule has 0 bridgehead atoms. The molecule has 124 valence electrons. The van der Waals surface area contributed by atoms with E-state index in [2.05, 4.69) is 17.2 Å². The summed E-state index contributed by atoms with van der Waals surface area (Å²) in [5, 5.41) is 4.94. The quantitative estimate of drug-likeness (QED) is 0.775. The molecule has 0 saturated carbocycles. The van der Waals surface area contributed by atoms with Crippen molar-refractivity contribution in [1.82, 2.24) is 15.5 Å². The minimum atomic E-state index is -0.451. The normalized spacial score (nSPS) is 16.8. The zero-order chi connectivity index (χ0) is 17.5. The van der Waals surface area contributed by atoms with Crippen molar-refractivity contribution in [3.63, 3.8) is 0 Å². The summed E-state index contributed by atoms with van der Waals surface area (Å²) in [6, 6.07) is -1.32. The van der Waals surface area contributed by atoms with Crippen molar-refractivity contribution in [3.8, 4) is 0 Å². The lowest BCUT2D eigenvalue weighted by Gasteiger charge is -2.31. The zero-order valence-electron chi connectivity index (χ0n) is 14.5. The number of nitrogens with one attached hydrogen (secondary N) is 2. The maximum absolute atomic E-state index is 11.7. The van der Waals surface area contributed by atoms with Crippen molar-refractivity contribution >= 4 is 12.1 Å². The van der Waals surface area contributed by atoms with Crippen LogP contribution in [0.1, 0.15) is 34.6 Å². The summed E-state index contributed by atoms with van der Waals surface area (Å²) in [5.41, 5.74) is 0.838. The number of urea groups is 2. The van der Waals surface area contributed by atoms with Gasteiger partial charge in [0.05, 0.1) is 6.04 Å². The van der Waals surface area contributed by atoms with Crippen LogP contribution in [0.15, 0.2) is 48.7 Å². The Morgan fingerprint density at radius 2 is 1.95 bits per heavy atom. The van der Waals surface area contributed by atoms with Gasteiger partial charge in [0, 0.05) is 13.2 Å². The molecule has 1 heterocycles. The molecular weight excluding hydrogens is 278 g/mol. The van der Waals surface area contributed by atoms with Crippen molar-refractivity contribution in [3.05, 3.63) is 48.7 Å². The monoisotopic (exact) mass is 307 g/mol. The van der Waals surface area contributed by atoms with Crippen LogP contribution in [-0.4, -0.2) is 30.1 Å². The Morgan fingerprint density at radius 1 is 1.36 bits per heavy atom.